The van der Waals surface area contributed by atoms with Crippen molar-refractivity contribution in [3.05, 3.63) is 0 Å². The van der Waals surface area contributed by atoms with Crippen LogP contribution in [0.4, 0.5) is 0 Å². The molecule has 0 unspecified atom stereocenters. The Kier molecular flexibility index (Phi) is 11.5. The predicted molar refractivity (Wildman–Crippen MR) is 104 cm³/mol. The van der Waals surface area contributed by atoms with E-state index in [1.54, 1.807) is 0 Å². The fourth-order valence-corrected chi connectivity index (χ4v) is 2.74. The molecule has 1 aliphatic rings. The van der Waals surface area contributed by atoms with E-state index in [1.165, 1.54) is 38.5 Å². The van der Waals surface area contributed by atoms with Crippen LogP contribution in [-0.2, 0) is 0 Å². The molecule has 1 saturated carbocycles. The van der Waals surface area contributed by atoms with Gasteiger partial charge in [-0.25, -0.2) is 0 Å². The molecule has 0 aliphatic heterocycles. The minimum atomic E-state index is 0. The molecule has 0 saturated heterocycles. The quantitative estimate of drug-likeness (QED) is 0.262. The highest BCUT2D eigenvalue weighted by Crippen LogP contribution is 2.28. The zero-order valence-electron chi connectivity index (χ0n) is 14.3. The predicted octanol–water partition coefficient (Wildman–Crippen LogP) is 3.13. The molecule has 3 N–H and O–H groups in total. The summed E-state index contributed by atoms with van der Waals surface area (Å²) in [4.78, 5) is 4.26. The van der Waals surface area contributed by atoms with E-state index in [0.717, 1.165) is 31.5 Å². The van der Waals surface area contributed by atoms with Crippen LogP contribution in [0, 0.1) is 5.92 Å². The summed E-state index contributed by atoms with van der Waals surface area (Å²) in [5, 5.41) is 10.2. The van der Waals surface area contributed by atoms with Crippen LogP contribution < -0.4 is 16.0 Å². The molecule has 0 spiro atoms. The van der Waals surface area contributed by atoms with Crippen molar-refractivity contribution in [3.63, 3.8) is 0 Å². The van der Waals surface area contributed by atoms with E-state index in [1.807, 2.05) is 7.05 Å². The molecule has 0 aromatic carbocycles. The second-order valence-corrected chi connectivity index (χ2v) is 6.90. The lowest BCUT2D eigenvalue weighted by atomic mass is 10.0. The van der Waals surface area contributed by atoms with Crippen molar-refractivity contribution >= 4 is 29.9 Å². The largest absolute Gasteiger partial charge is 0.356 e. The summed E-state index contributed by atoms with van der Waals surface area (Å²) in [5.74, 6) is 1.91. The number of halogens is 1. The summed E-state index contributed by atoms with van der Waals surface area (Å²) >= 11 is 0. The van der Waals surface area contributed by atoms with Crippen molar-refractivity contribution in [3.8, 4) is 0 Å². The molecule has 0 bridgehead atoms. The Morgan fingerprint density at radius 3 is 2.24 bits per heavy atom. The first-order chi connectivity index (χ1) is 9.51. The molecule has 0 heterocycles. The second kappa shape index (κ2) is 11.5. The van der Waals surface area contributed by atoms with Crippen molar-refractivity contribution in [2.24, 2.45) is 10.9 Å². The third-order valence-corrected chi connectivity index (χ3v) is 3.85. The average Bonchev–Trinajstić information content (AvgIpc) is 2.88. The highest BCUT2D eigenvalue weighted by molar-refractivity contribution is 14.0. The molecular formula is C16H35IN4. The molecule has 126 valence electrons. The van der Waals surface area contributed by atoms with E-state index in [4.69, 9.17) is 0 Å². The molecule has 0 radical (unpaired) electrons. The van der Waals surface area contributed by atoms with Crippen LogP contribution >= 0.6 is 24.0 Å². The number of rotatable bonds is 7. The first kappa shape index (κ1) is 21.0. The second-order valence-electron chi connectivity index (χ2n) is 6.90. The van der Waals surface area contributed by atoms with Crippen molar-refractivity contribution in [2.45, 2.75) is 64.8 Å². The van der Waals surface area contributed by atoms with Gasteiger partial charge in [0.2, 0.25) is 0 Å². The maximum Gasteiger partial charge on any atom is 0.191 e. The minimum absolute atomic E-state index is 0. The standard InChI is InChI=1S/C16H34N4.HI/c1-16(2,3)20-13-12-19-15(17-4)18-11-7-10-14-8-5-6-9-14;/h14,20H,5-13H2,1-4H3,(H2,17,18,19);1H. The van der Waals surface area contributed by atoms with Crippen molar-refractivity contribution < 1.29 is 0 Å². The van der Waals surface area contributed by atoms with Crippen LogP contribution in [-0.4, -0.2) is 38.2 Å². The van der Waals surface area contributed by atoms with Gasteiger partial charge in [-0.2, -0.15) is 0 Å². The maximum absolute atomic E-state index is 4.26. The Balaban J connectivity index is 0.00000400. The number of hydrogen-bond acceptors (Lipinski definition) is 2. The van der Waals surface area contributed by atoms with E-state index in [-0.39, 0.29) is 29.5 Å². The molecule has 5 heteroatoms. The lowest BCUT2D eigenvalue weighted by Crippen LogP contribution is -2.44. The van der Waals surface area contributed by atoms with E-state index >= 15 is 0 Å². The number of hydrogen-bond donors (Lipinski definition) is 3. The van der Waals surface area contributed by atoms with E-state index in [0.29, 0.717) is 0 Å². The average molecular weight is 410 g/mol. The highest BCUT2D eigenvalue weighted by atomic mass is 127. The first-order valence-corrected chi connectivity index (χ1v) is 8.21. The Hall–Kier alpha value is -0.0400. The van der Waals surface area contributed by atoms with Crippen molar-refractivity contribution in [1.29, 1.82) is 0 Å². The first-order valence-electron chi connectivity index (χ1n) is 8.21. The van der Waals surface area contributed by atoms with Crippen LogP contribution in [0.5, 0.6) is 0 Å². The monoisotopic (exact) mass is 410 g/mol. The van der Waals surface area contributed by atoms with Gasteiger partial charge in [0.1, 0.15) is 0 Å². The smallest absolute Gasteiger partial charge is 0.191 e. The van der Waals surface area contributed by atoms with Crippen molar-refractivity contribution in [2.75, 3.05) is 26.7 Å². The molecule has 1 aliphatic carbocycles. The molecule has 1 fully saturated rings. The SMILES string of the molecule is CN=C(NCCCC1CCCC1)NCCNC(C)(C)C.I. The van der Waals surface area contributed by atoms with Crippen molar-refractivity contribution in [1.82, 2.24) is 16.0 Å². The van der Waals surface area contributed by atoms with Gasteiger partial charge >= 0.3 is 0 Å². The van der Waals surface area contributed by atoms with E-state index in [9.17, 15) is 0 Å². The lowest BCUT2D eigenvalue weighted by molar-refractivity contribution is 0.428. The summed E-state index contributed by atoms with van der Waals surface area (Å²) in [6.45, 7) is 9.43. The minimum Gasteiger partial charge on any atom is -0.356 e. The molecule has 0 atom stereocenters. The van der Waals surface area contributed by atoms with Gasteiger partial charge in [0.05, 0.1) is 0 Å². The van der Waals surface area contributed by atoms with Crippen LogP contribution in [0.1, 0.15) is 59.3 Å². The molecule has 0 aromatic heterocycles. The van der Waals surface area contributed by atoms with E-state index in [2.05, 4.69) is 41.7 Å². The topological polar surface area (TPSA) is 48.5 Å². The maximum atomic E-state index is 4.26. The summed E-state index contributed by atoms with van der Waals surface area (Å²) in [6, 6.07) is 0. The summed E-state index contributed by atoms with van der Waals surface area (Å²) in [6.07, 6.45) is 8.42. The summed E-state index contributed by atoms with van der Waals surface area (Å²) < 4.78 is 0. The third kappa shape index (κ3) is 11.2. The van der Waals surface area contributed by atoms with Gasteiger partial charge in [-0.1, -0.05) is 25.7 Å². The van der Waals surface area contributed by atoms with Gasteiger partial charge in [-0.05, 0) is 39.5 Å². The van der Waals surface area contributed by atoms with Gasteiger partial charge in [-0.15, -0.1) is 24.0 Å². The zero-order chi connectivity index (χ0) is 14.8. The highest BCUT2D eigenvalue weighted by Gasteiger charge is 2.14. The Morgan fingerprint density at radius 1 is 1.05 bits per heavy atom. The van der Waals surface area contributed by atoms with Crippen LogP contribution in [0.3, 0.4) is 0 Å². The van der Waals surface area contributed by atoms with Crippen LogP contribution in [0.15, 0.2) is 4.99 Å². The molecule has 4 nitrogen and oxygen atoms in total. The number of nitrogens with one attached hydrogen (secondary N) is 3. The fourth-order valence-electron chi connectivity index (χ4n) is 2.74. The number of nitrogens with zero attached hydrogens (tertiary/aromatic N) is 1. The van der Waals surface area contributed by atoms with Crippen LogP contribution in [0.25, 0.3) is 0 Å². The fraction of sp³-hybridized carbons (Fsp3) is 0.938. The molecule has 1 rings (SSSR count). The normalized spacial score (nSPS) is 16.7. The van der Waals surface area contributed by atoms with Gasteiger partial charge in [0, 0.05) is 32.2 Å². The Labute approximate surface area is 148 Å². The Bertz CT molecular complexity index is 280. The third-order valence-electron chi connectivity index (χ3n) is 3.85. The van der Waals surface area contributed by atoms with E-state index < -0.39 is 0 Å². The lowest BCUT2D eigenvalue weighted by Gasteiger charge is -2.21. The Morgan fingerprint density at radius 2 is 1.67 bits per heavy atom. The molecule has 21 heavy (non-hydrogen) atoms. The summed E-state index contributed by atoms with van der Waals surface area (Å²) in [5.41, 5.74) is 0.180. The zero-order valence-corrected chi connectivity index (χ0v) is 16.6. The van der Waals surface area contributed by atoms with Gasteiger partial charge in [-0.3, -0.25) is 4.99 Å². The molecule has 0 amide bonds. The molecular weight excluding hydrogens is 375 g/mol. The number of guanidine groups is 1. The van der Waals surface area contributed by atoms with Crippen LogP contribution in [0.2, 0.25) is 0 Å². The van der Waals surface area contributed by atoms with Gasteiger partial charge in [0.15, 0.2) is 5.96 Å². The van der Waals surface area contributed by atoms with Gasteiger partial charge in [0.25, 0.3) is 0 Å². The summed E-state index contributed by atoms with van der Waals surface area (Å²) in [7, 11) is 1.84. The van der Waals surface area contributed by atoms with Gasteiger partial charge < -0.3 is 16.0 Å². The number of aliphatic imine (C=N–C) groups is 1. The molecule has 0 aromatic rings.